The van der Waals surface area contributed by atoms with E-state index < -0.39 is 0 Å². The average Bonchev–Trinajstić information content (AvgIpc) is 2.92. The van der Waals surface area contributed by atoms with Crippen LogP contribution >= 0.6 is 11.3 Å². The molecular weight excluding hydrogens is 254 g/mol. The predicted octanol–water partition coefficient (Wildman–Crippen LogP) is 4.14. The van der Waals surface area contributed by atoms with E-state index in [-0.39, 0.29) is 5.60 Å². The van der Waals surface area contributed by atoms with Crippen molar-refractivity contribution in [3.8, 4) is 0 Å². The third kappa shape index (κ3) is 2.88. The summed E-state index contributed by atoms with van der Waals surface area (Å²) in [6.07, 6.45) is 7.59. The van der Waals surface area contributed by atoms with Crippen molar-refractivity contribution in [2.24, 2.45) is 5.92 Å². The van der Waals surface area contributed by atoms with Gasteiger partial charge in [0.25, 0.3) is 0 Å². The van der Waals surface area contributed by atoms with Gasteiger partial charge in [0.1, 0.15) is 0 Å². The van der Waals surface area contributed by atoms with Crippen molar-refractivity contribution >= 4 is 11.3 Å². The molecule has 1 spiro atoms. The minimum absolute atomic E-state index is 0.255. The van der Waals surface area contributed by atoms with Crippen LogP contribution in [-0.2, 0) is 4.74 Å². The van der Waals surface area contributed by atoms with Crippen molar-refractivity contribution < 1.29 is 4.74 Å². The summed E-state index contributed by atoms with van der Waals surface area (Å²) in [4.78, 5) is 0. The summed E-state index contributed by atoms with van der Waals surface area (Å²) >= 11 is 1.81. The molecule has 1 saturated carbocycles. The molecule has 2 unspecified atom stereocenters. The quantitative estimate of drug-likeness (QED) is 0.874. The van der Waals surface area contributed by atoms with E-state index in [9.17, 15) is 0 Å². The normalized spacial score (nSPS) is 27.1. The fourth-order valence-electron chi connectivity index (χ4n) is 3.58. The van der Waals surface area contributed by atoms with Crippen molar-refractivity contribution in [3.63, 3.8) is 0 Å². The lowest BCUT2D eigenvalue weighted by molar-refractivity contribution is -0.147. The Hall–Kier alpha value is -0.380. The van der Waals surface area contributed by atoms with E-state index >= 15 is 0 Å². The van der Waals surface area contributed by atoms with Gasteiger partial charge in [-0.25, -0.2) is 0 Å². The third-order valence-electron chi connectivity index (χ3n) is 4.78. The summed E-state index contributed by atoms with van der Waals surface area (Å²) in [5, 5.41) is 8.30. The van der Waals surface area contributed by atoms with Gasteiger partial charge in [-0.15, -0.1) is 0 Å². The van der Waals surface area contributed by atoms with Crippen LogP contribution in [-0.4, -0.2) is 18.8 Å². The summed E-state index contributed by atoms with van der Waals surface area (Å²) in [7, 11) is 0. The highest BCUT2D eigenvalue weighted by atomic mass is 32.1. The van der Waals surface area contributed by atoms with Crippen molar-refractivity contribution in [2.45, 2.75) is 57.1 Å². The molecule has 1 aromatic rings. The molecule has 1 aliphatic carbocycles. The second-order valence-electron chi connectivity index (χ2n) is 6.13. The summed E-state index contributed by atoms with van der Waals surface area (Å²) < 4.78 is 6.08. The Kier molecular flexibility index (Phi) is 4.25. The third-order valence-corrected chi connectivity index (χ3v) is 5.49. The Morgan fingerprint density at radius 3 is 3.05 bits per heavy atom. The van der Waals surface area contributed by atoms with Crippen LogP contribution in [0.15, 0.2) is 16.8 Å². The molecule has 0 bridgehead atoms. The SMILES string of the molecule is CCCNC(c1ccsc1)C1CCOC2(CCC2)C1. The number of ether oxygens (including phenoxy) is 1. The number of hydrogen-bond donors (Lipinski definition) is 1. The molecule has 3 heteroatoms. The molecule has 0 amide bonds. The second-order valence-corrected chi connectivity index (χ2v) is 6.91. The maximum atomic E-state index is 6.08. The Bertz CT molecular complexity index is 385. The van der Waals surface area contributed by atoms with Crippen molar-refractivity contribution in [3.05, 3.63) is 22.4 Å². The number of rotatable bonds is 5. The lowest BCUT2D eigenvalue weighted by Crippen LogP contribution is -2.48. The molecule has 0 radical (unpaired) electrons. The molecule has 2 heterocycles. The van der Waals surface area contributed by atoms with Gasteiger partial charge in [-0.05, 0) is 73.4 Å². The number of hydrogen-bond acceptors (Lipinski definition) is 3. The van der Waals surface area contributed by atoms with Crippen LogP contribution in [0.1, 0.15) is 57.1 Å². The first kappa shape index (κ1) is 13.6. The van der Waals surface area contributed by atoms with E-state index in [4.69, 9.17) is 4.74 Å². The van der Waals surface area contributed by atoms with Gasteiger partial charge in [0, 0.05) is 12.6 Å². The first-order valence-corrected chi connectivity index (χ1v) is 8.67. The Morgan fingerprint density at radius 1 is 1.53 bits per heavy atom. The zero-order valence-corrected chi connectivity index (χ0v) is 12.7. The first-order valence-electron chi connectivity index (χ1n) is 7.72. The van der Waals surface area contributed by atoms with Crippen LogP contribution < -0.4 is 5.32 Å². The smallest absolute Gasteiger partial charge is 0.0686 e. The van der Waals surface area contributed by atoms with Crippen LogP contribution in [0.25, 0.3) is 0 Å². The zero-order chi connectivity index (χ0) is 13.1. The summed E-state index contributed by atoms with van der Waals surface area (Å²) in [6, 6.07) is 2.83. The van der Waals surface area contributed by atoms with Crippen molar-refractivity contribution in [2.75, 3.05) is 13.2 Å². The highest BCUT2D eigenvalue weighted by molar-refractivity contribution is 7.07. The molecule has 2 fully saturated rings. The maximum Gasteiger partial charge on any atom is 0.0686 e. The number of thiophene rings is 1. The predicted molar refractivity (Wildman–Crippen MR) is 80.6 cm³/mol. The monoisotopic (exact) mass is 279 g/mol. The van der Waals surface area contributed by atoms with Gasteiger partial charge in [-0.2, -0.15) is 11.3 Å². The molecule has 2 aliphatic rings. The fourth-order valence-corrected chi connectivity index (χ4v) is 4.27. The molecule has 2 atom stereocenters. The molecule has 106 valence electrons. The zero-order valence-electron chi connectivity index (χ0n) is 11.9. The topological polar surface area (TPSA) is 21.3 Å². The Balaban J connectivity index is 1.71. The minimum atomic E-state index is 0.255. The molecule has 3 rings (SSSR count). The average molecular weight is 279 g/mol. The van der Waals surface area contributed by atoms with Crippen LogP contribution in [0.2, 0.25) is 0 Å². The summed E-state index contributed by atoms with van der Waals surface area (Å²) in [6.45, 7) is 4.32. The van der Waals surface area contributed by atoms with E-state index in [2.05, 4.69) is 29.1 Å². The van der Waals surface area contributed by atoms with Gasteiger partial charge >= 0.3 is 0 Å². The molecule has 19 heavy (non-hydrogen) atoms. The lowest BCUT2D eigenvalue weighted by Gasteiger charge is -2.49. The molecule has 0 aromatic carbocycles. The fraction of sp³-hybridized carbons (Fsp3) is 0.750. The summed E-state index contributed by atoms with van der Waals surface area (Å²) in [5.74, 6) is 0.746. The van der Waals surface area contributed by atoms with E-state index in [1.165, 1.54) is 44.1 Å². The molecule has 1 N–H and O–H groups in total. The standard InChI is InChI=1S/C16H25NOS/c1-2-8-17-15(14-5-10-19-12-14)13-4-9-18-16(11-13)6-3-7-16/h5,10,12-13,15,17H,2-4,6-9,11H2,1H3. The Morgan fingerprint density at radius 2 is 2.42 bits per heavy atom. The van der Waals surface area contributed by atoms with E-state index in [0.29, 0.717) is 6.04 Å². The highest BCUT2D eigenvalue weighted by Crippen LogP contribution is 2.47. The van der Waals surface area contributed by atoms with Crippen LogP contribution in [0.4, 0.5) is 0 Å². The van der Waals surface area contributed by atoms with Crippen LogP contribution in [0.3, 0.4) is 0 Å². The molecule has 1 saturated heterocycles. The second kappa shape index (κ2) is 5.94. The highest BCUT2D eigenvalue weighted by Gasteiger charge is 2.44. The minimum Gasteiger partial charge on any atom is -0.375 e. The van der Waals surface area contributed by atoms with Crippen LogP contribution in [0, 0.1) is 5.92 Å². The lowest BCUT2D eigenvalue weighted by atomic mass is 9.70. The largest absolute Gasteiger partial charge is 0.375 e. The van der Waals surface area contributed by atoms with E-state index in [1.54, 1.807) is 0 Å². The summed E-state index contributed by atoms with van der Waals surface area (Å²) in [5.41, 5.74) is 1.74. The van der Waals surface area contributed by atoms with Gasteiger partial charge in [-0.3, -0.25) is 0 Å². The molecular formula is C16H25NOS. The number of nitrogens with one attached hydrogen (secondary N) is 1. The van der Waals surface area contributed by atoms with Crippen LogP contribution in [0.5, 0.6) is 0 Å². The molecule has 2 nitrogen and oxygen atoms in total. The van der Waals surface area contributed by atoms with Crippen molar-refractivity contribution in [1.29, 1.82) is 0 Å². The molecule has 1 aromatic heterocycles. The maximum absolute atomic E-state index is 6.08. The first-order chi connectivity index (χ1) is 9.33. The van der Waals surface area contributed by atoms with Crippen molar-refractivity contribution in [1.82, 2.24) is 5.32 Å². The van der Waals surface area contributed by atoms with Gasteiger partial charge in [0.15, 0.2) is 0 Å². The van der Waals surface area contributed by atoms with E-state index in [0.717, 1.165) is 19.1 Å². The van der Waals surface area contributed by atoms with Gasteiger partial charge < -0.3 is 10.1 Å². The molecule has 1 aliphatic heterocycles. The Labute approximate surface area is 120 Å². The van der Waals surface area contributed by atoms with Gasteiger partial charge in [-0.1, -0.05) is 6.92 Å². The van der Waals surface area contributed by atoms with Gasteiger partial charge in [0.05, 0.1) is 5.60 Å². The van der Waals surface area contributed by atoms with E-state index in [1.807, 2.05) is 11.3 Å². The van der Waals surface area contributed by atoms with Gasteiger partial charge in [0.2, 0.25) is 0 Å².